The normalized spacial score (nSPS) is 12.8. The van der Waals surface area contributed by atoms with Crippen LogP contribution in [-0.2, 0) is 0 Å². The van der Waals surface area contributed by atoms with Gasteiger partial charge in [-0.3, -0.25) is 0 Å². The molecule has 15 heavy (non-hydrogen) atoms. The van der Waals surface area contributed by atoms with Crippen molar-refractivity contribution in [2.75, 3.05) is 6.54 Å². The first-order chi connectivity index (χ1) is 7.19. The lowest BCUT2D eigenvalue weighted by atomic mass is 9.99. The van der Waals surface area contributed by atoms with Crippen molar-refractivity contribution in [3.8, 4) is 0 Å². The highest BCUT2D eigenvalue weighted by Gasteiger charge is 2.10. The summed E-state index contributed by atoms with van der Waals surface area (Å²) < 4.78 is 1.17. The highest BCUT2D eigenvalue weighted by atomic mass is 79.9. The van der Waals surface area contributed by atoms with Gasteiger partial charge in [-0.25, -0.2) is 0 Å². The highest BCUT2D eigenvalue weighted by Crippen LogP contribution is 2.24. The van der Waals surface area contributed by atoms with Crippen molar-refractivity contribution in [1.29, 1.82) is 0 Å². The number of hydrogen-bond donors (Lipinski definition) is 1. The van der Waals surface area contributed by atoms with E-state index in [1.165, 1.54) is 22.0 Å². The molecule has 0 saturated carbocycles. The van der Waals surface area contributed by atoms with E-state index in [1.54, 1.807) is 0 Å². The molecule has 0 heterocycles. The van der Waals surface area contributed by atoms with Crippen molar-refractivity contribution in [2.24, 2.45) is 0 Å². The van der Waals surface area contributed by atoms with Crippen LogP contribution in [-0.4, -0.2) is 6.54 Å². The molecule has 0 bridgehead atoms. The molecular weight excluding hydrogens is 250 g/mol. The molecule has 0 aliphatic heterocycles. The molecule has 0 saturated heterocycles. The number of nitrogens with one attached hydrogen (secondary N) is 1. The zero-order valence-electron chi connectivity index (χ0n) is 9.81. The Morgan fingerprint density at radius 1 is 1.33 bits per heavy atom. The van der Waals surface area contributed by atoms with E-state index < -0.39 is 0 Å². The summed E-state index contributed by atoms with van der Waals surface area (Å²) in [7, 11) is 0. The lowest BCUT2D eigenvalue weighted by molar-refractivity contribution is 0.516. The van der Waals surface area contributed by atoms with Crippen molar-refractivity contribution < 1.29 is 0 Å². The third kappa shape index (κ3) is 3.62. The second-order valence-electron chi connectivity index (χ2n) is 3.92. The molecule has 0 fully saturated rings. The van der Waals surface area contributed by atoms with Crippen LogP contribution in [0.1, 0.15) is 43.9 Å². The maximum absolute atomic E-state index is 3.58. The van der Waals surface area contributed by atoms with Gasteiger partial charge < -0.3 is 5.32 Å². The zero-order chi connectivity index (χ0) is 11.3. The summed E-state index contributed by atoms with van der Waals surface area (Å²) in [5.74, 6) is 0. The Morgan fingerprint density at radius 3 is 2.67 bits per heavy atom. The number of hydrogen-bond acceptors (Lipinski definition) is 1. The first kappa shape index (κ1) is 12.7. The SMILES string of the molecule is CCCNC(CC)c1cc(Br)ccc1C. The van der Waals surface area contributed by atoms with Crippen LogP contribution >= 0.6 is 15.9 Å². The molecule has 1 atom stereocenters. The van der Waals surface area contributed by atoms with Crippen LogP contribution < -0.4 is 5.32 Å². The number of benzene rings is 1. The molecule has 1 unspecified atom stereocenters. The monoisotopic (exact) mass is 269 g/mol. The molecule has 1 nitrogen and oxygen atoms in total. The van der Waals surface area contributed by atoms with Gasteiger partial charge in [0.05, 0.1) is 0 Å². The van der Waals surface area contributed by atoms with E-state index in [1.807, 2.05) is 0 Å². The van der Waals surface area contributed by atoms with Gasteiger partial charge in [0.25, 0.3) is 0 Å². The molecule has 0 spiro atoms. The van der Waals surface area contributed by atoms with E-state index in [4.69, 9.17) is 0 Å². The molecule has 2 heteroatoms. The fourth-order valence-electron chi connectivity index (χ4n) is 1.78. The summed E-state index contributed by atoms with van der Waals surface area (Å²) in [5, 5.41) is 3.58. The number of halogens is 1. The molecule has 1 N–H and O–H groups in total. The maximum atomic E-state index is 3.58. The Balaban J connectivity index is 2.85. The van der Waals surface area contributed by atoms with Gasteiger partial charge in [0, 0.05) is 10.5 Å². The van der Waals surface area contributed by atoms with Crippen molar-refractivity contribution in [3.05, 3.63) is 33.8 Å². The molecule has 1 aromatic carbocycles. The van der Waals surface area contributed by atoms with Gasteiger partial charge in [0.15, 0.2) is 0 Å². The lowest BCUT2D eigenvalue weighted by Gasteiger charge is -2.19. The number of rotatable bonds is 5. The Labute approximate surface area is 101 Å². The van der Waals surface area contributed by atoms with Crippen molar-refractivity contribution in [1.82, 2.24) is 5.32 Å². The van der Waals surface area contributed by atoms with Gasteiger partial charge in [-0.15, -0.1) is 0 Å². The zero-order valence-corrected chi connectivity index (χ0v) is 11.4. The van der Waals surface area contributed by atoms with E-state index in [-0.39, 0.29) is 0 Å². The largest absolute Gasteiger partial charge is 0.310 e. The topological polar surface area (TPSA) is 12.0 Å². The Hall–Kier alpha value is -0.340. The van der Waals surface area contributed by atoms with Crippen molar-refractivity contribution in [3.63, 3.8) is 0 Å². The van der Waals surface area contributed by atoms with Crippen molar-refractivity contribution >= 4 is 15.9 Å². The molecule has 84 valence electrons. The average molecular weight is 270 g/mol. The summed E-state index contributed by atoms with van der Waals surface area (Å²) in [6.45, 7) is 7.70. The Morgan fingerprint density at radius 2 is 2.07 bits per heavy atom. The standard InChI is InChI=1S/C13H20BrN/c1-4-8-15-13(5-2)12-9-11(14)7-6-10(12)3/h6-7,9,13,15H,4-5,8H2,1-3H3. The third-order valence-corrected chi connectivity index (χ3v) is 3.16. The molecule has 0 aliphatic rings. The van der Waals surface area contributed by atoms with Crippen LogP contribution in [0.2, 0.25) is 0 Å². The minimum atomic E-state index is 0.488. The molecule has 1 rings (SSSR count). The summed E-state index contributed by atoms with van der Waals surface area (Å²) in [4.78, 5) is 0. The lowest BCUT2D eigenvalue weighted by Crippen LogP contribution is -2.22. The van der Waals surface area contributed by atoms with Gasteiger partial charge in [-0.05, 0) is 49.6 Å². The van der Waals surface area contributed by atoms with E-state index in [0.29, 0.717) is 6.04 Å². The first-order valence-electron chi connectivity index (χ1n) is 5.68. The quantitative estimate of drug-likeness (QED) is 0.845. The Kier molecular flexibility index (Phi) is 5.34. The second kappa shape index (κ2) is 6.29. The average Bonchev–Trinajstić information content (AvgIpc) is 2.24. The molecule has 0 radical (unpaired) electrons. The van der Waals surface area contributed by atoms with Crippen LogP contribution in [0.4, 0.5) is 0 Å². The number of aryl methyl sites for hydroxylation is 1. The van der Waals surface area contributed by atoms with E-state index in [0.717, 1.165) is 13.0 Å². The van der Waals surface area contributed by atoms with Gasteiger partial charge >= 0.3 is 0 Å². The van der Waals surface area contributed by atoms with Crippen molar-refractivity contribution in [2.45, 2.75) is 39.7 Å². The van der Waals surface area contributed by atoms with Gasteiger partial charge in [0.1, 0.15) is 0 Å². The minimum absolute atomic E-state index is 0.488. The van der Waals surface area contributed by atoms with Crippen LogP contribution in [0, 0.1) is 6.92 Å². The summed E-state index contributed by atoms with van der Waals surface area (Å²) in [6, 6.07) is 7.00. The summed E-state index contributed by atoms with van der Waals surface area (Å²) in [5.41, 5.74) is 2.79. The van der Waals surface area contributed by atoms with Gasteiger partial charge in [-0.2, -0.15) is 0 Å². The molecule has 0 amide bonds. The summed E-state index contributed by atoms with van der Waals surface area (Å²) >= 11 is 3.53. The van der Waals surface area contributed by atoms with E-state index in [2.05, 4.69) is 60.2 Å². The fourth-order valence-corrected chi connectivity index (χ4v) is 2.16. The molecule has 1 aromatic rings. The van der Waals surface area contributed by atoms with Gasteiger partial charge in [0.2, 0.25) is 0 Å². The van der Waals surface area contributed by atoms with Crippen LogP contribution in [0.5, 0.6) is 0 Å². The highest BCUT2D eigenvalue weighted by molar-refractivity contribution is 9.10. The van der Waals surface area contributed by atoms with E-state index >= 15 is 0 Å². The van der Waals surface area contributed by atoms with Crippen LogP contribution in [0.25, 0.3) is 0 Å². The van der Waals surface area contributed by atoms with Crippen LogP contribution in [0.3, 0.4) is 0 Å². The molecule has 0 aromatic heterocycles. The van der Waals surface area contributed by atoms with E-state index in [9.17, 15) is 0 Å². The second-order valence-corrected chi connectivity index (χ2v) is 4.83. The fraction of sp³-hybridized carbons (Fsp3) is 0.538. The van der Waals surface area contributed by atoms with Gasteiger partial charge in [-0.1, -0.05) is 35.8 Å². The predicted molar refractivity (Wildman–Crippen MR) is 70.2 cm³/mol. The predicted octanol–water partition coefficient (Wildman–Crippen LogP) is 4.21. The Bertz CT molecular complexity index is 309. The third-order valence-electron chi connectivity index (χ3n) is 2.67. The smallest absolute Gasteiger partial charge is 0.0320 e. The molecular formula is C13H20BrN. The molecule has 0 aliphatic carbocycles. The minimum Gasteiger partial charge on any atom is -0.310 e. The maximum Gasteiger partial charge on any atom is 0.0320 e. The summed E-state index contributed by atoms with van der Waals surface area (Å²) in [6.07, 6.45) is 2.32. The van der Waals surface area contributed by atoms with Crippen LogP contribution in [0.15, 0.2) is 22.7 Å². The first-order valence-corrected chi connectivity index (χ1v) is 6.47.